The number of rotatable bonds is 10. The van der Waals surface area contributed by atoms with Gasteiger partial charge >= 0.3 is 0 Å². The first-order valence-electron chi connectivity index (χ1n) is 11.4. The summed E-state index contributed by atoms with van der Waals surface area (Å²) in [6.45, 7) is 8.86. The summed E-state index contributed by atoms with van der Waals surface area (Å²) in [4.78, 5) is 31.6. The van der Waals surface area contributed by atoms with Crippen LogP contribution in [0.2, 0.25) is 0 Å². The van der Waals surface area contributed by atoms with Gasteiger partial charge in [0.25, 0.3) is 0 Å². The lowest BCUT2D eigenvalue weighted by molar-refractivity contribution is -0.134. The summed E-state index contributed by atoms with van der Waals surface area (Å²) < 4.78 is 7.47. The lowest BCUT2D eigenvalue weighted by Crippen LogP contribution is -2.40. The topological polar surface area (TPSA) is 76.5 Å². The third kappa shape index (κ3) is 6.44. The Labute approximate surface area is 195 Å². The minimum absolute atomic E-state index is 0.0165. The van der Waals surface area contributed by atoms with Crippen LogP contribution in [-0.2, 0) is 9.59 Å². The zero-order chi connectivity index (χ0) is 23.8. The maximum atomic E-state index is 12.9. The molecule has 7 nitrogen and oxygen atoms in total. The minimum atomic E-state index is -0.287. The number of imidazole rings is 1. The molecule has 0 atom stereocenters. The Kier molecular flexibility index (Phi) is 8.24. The molecular formula is C26H32N4O3. The monoisotopic (exact) mass is 448 g/mol. The van der Waals surface area contributed by atoms with E-state index >= 15 is 0 Å². The highest BCUT2D eigenvalue weighted by Crippen LogP contribution is 2.26. The third-order valence-electron chi connectivity index (χ3n) is 5.01. The lowest BCUT2D eigenvalue weighted by atomic mass is 10.2. The van der Waals surface area contributed by atoms with E-state index in [1.54, 1.807) is 11.8 Å². The Balaban J connectivity index is 1.92. The van der Waals surface area contributed by atoms with Crippen LogP contribution in [0.5, 0.6) is 5.75 Å². The van der Waals surface area contributed by atoms with Gasteiger partial charge in [-0.1, -0.05) is 57.2 Å². The molecule has 0 saturated carbocycles. The fraction of sp³-hybridized carbons (Fsp3) is 0.346. The fourth-order valence-electron chi connectivity index (χ4n) is 3.56. The molecule has 0 aliphatic heterocycles. The van der Waals surface area contributed by atoms with Crippen LogP contribution in [0.3, 0.4) is 0 Å². The lowest BCUT2D eigenvalue weighted by Gasteiger charge is -2.23. The van der Waals surface area contributed by atoms with E-state index in [2.05, 4.69) is 5.32 Å². The maximum Gasteiger partial charge on any atom is 0.246 e. The molecule has 1 N–H and O–H groups in total. The number of nitrogens with one attached hydrogen (secondary N) is 1. The van der Waals surface area contributed by atoms with E-state index in [0.717, 1.165) is 22.7 Å². The van der Waals surface area contributed by atoms with E-state index in [4.69, 9.17) is 9.72 Å². The Morgan fingerprint density at radius 2 is 1.85 bits per heavy atom. The largest absolute Gasteiger partial charge is 0.494 e. The number of hydrogen-bond acceptors (Lipinski definition) is 4. The van der Waals surface area contributed by atoms with E-state index < -0.39 is 0 Å². The van der Waals surface area contributed by atoms with E-state index in [9.17, 15) is 9.59 Å². The molecule has 0 fully saturated rings. The van der Waals surface area contributed by atoms with Gasteiger partial charge in [0, 0.05) is 30.8 Å². The average Bonchev–Trinajstić information content (AvgIpc) is 3.22. The SMILES string of the molecule is CCOc1cccc(-n2cc(-c3ccccc3)nc2NC(=O)CN(CC(C)C)C(=O)CC)c1. The second-order valence-corrected chi connectivity index (χ2v) is 8.19. The van der Waals surface area contributed by atoms with Gasteiger partial charge in [0.15, 0.2) is 0 Å². The van der Waals surface area contributed by atoms with Crippen LogP contribution in [0, 0.1) is 5.92 Å². The van der Waals surface area contributed by atoms with Gasteiger partial charge in [-0.15, -0.1) is 0 Å². The van der Waals surface area contributed by atoms with Crippen molar-refractivity contribution in [3.05, 3.63) is 60.8 Å². The Morgan fingerprint density at radius 1 is 1.09 bits per heavy atom. The molecule has 1 heterocycles. The van der Waals surface area contributed by atoms with Crippen LogP contribution >= 0.6 is 0 Å². The maximum absolute atomic E-state index is 12.9. The molecule has 3 aromatic rings. The molecule has 2 aromatic carbocycles. The van der Waals surface area contributed by atoms with Gasteiger partial charge in [0.1, 0.15) is 5.75 Å². The van der Waals surface area contributed by atoms with Crippen molar-refractivity contribution in [2.24, 2.45) is 5.92 Å². The fourth-order valence-corrected chi connectivity index (χ4v) is 3.56. The normalized spacial score (nSPS) is 10.8. The third-order valence-corrected chi connectivity index (χ3v) is 5.01. The van der Waals surface area contributed by atoms with Crippen molar-refractivity contribution < 1.29 is 14.3 Å². The highest BCUT2D eigenvalue weighted by molar-refractivity contribution is 5.93. The number of anilines is 1. The molecule has 0 radical (unpaired) electrons. The Hall–Kier alpha value is -3.61. The van der Waals surface area contributed by atoms with E-state index in [1.165, 1.54) is 0 Å². The quantitative estimate of drug-likeness (QED) is 0.485. The predicted octanol–water partition coefficient (Wildman–Crippen LogP) is 4.77. The number of ether oxygens (including phenoxy) is 1. The summed E-state index contributed by atoms with van der Waals surface area (Å²) in [7, 11) is 0. The van der Waals surface area contributed by atoms with Gasteiger partial charge in [0.05, 0.1) is 24.5 Å². The standard InChI is InChI=1S/C26H32N4O3/c1-5-25(32)29(16-19(3)4)18-24(31)28-26-27-23(20-11-8-7-9-12-20)17-30(26)21-13-10-14-22(15-21)33-6-2/h7-15,17,19H,5-6,16,18H2,1-4H3,(H,27,28,31). The highest BCUT2D eigenvalue weighted by atomic mass is 16.5. The number of amides is 2. The molecule has 0 aliphatic carbocycles. The molecule has 0 spiro atoms. The molecule has 1 aromatic heterocycles. The van der Waals surface area contributed by atoms with Crippen molar-refractivity contribution in [1.82, 2.24) is 14.5 Å². The van der Waals surface area contributed by atoms with Crippen LogP contribution < -0.4 is 10.1 Å². The van der Waals surface area contributed by atoms with E-state index in [-0.39, 0.29) is 24.3 Å². The van der Waals surface area contributed by atoms with Crippen LogP contribution in [0.15, 0.2) is 60.8 Å². The summed E-state index contributed by atoms with van der Waals surface area (Å²) in [6, 6.07) is 17.4. The van der Waals surface area contributed by atoms with Crippen LogP contribution in [0.1, 0.15) is 34.1 Å². The summed E-state index contributed by atoms with van der Waals surface area (Å²) >= 11 is 0. The van der Waals surface area contributed by atoms with Gasteiger partial charge in [-0.2, -0.15) is 0 Å². The van der Waals surface area contributed by atoms with Crippen molar-refractivity contribution in [2.45, 2.75) is 34.1 Å². The predicted molar refractivity (Wildman–Crippen MR) is 131 cm³/mol. The molecule has 7 heteroatoms. The first kappa shape index (κ1) is 24.0. The zero-order valence-corrected chi connectivity index (χ0v) is 19.7. The zero-order valence-electron chi connectivity index (χ0n) is 19.7. The molecule has 0 unspecified atom stereocenters. The van der Waals surface area contributed by atoms with E-state index in [0.29, 0.717) is 25.5 Å². The van der Waals surface area contributed by atoms with Crippen molar-refractivity contribution in [1.29, 1.82) is 0 Å². The first-order valence-corrected chi connectivity index (χ1v) is 11.4. The molecule has 3 rings (SSSR count). The second-order valence-electron chi connectivity index (χ2n) is 8.19. The summed E-state index contributed by atoms with van der Waals surface area (Å²) in [5.41, 5.74) is 2.49. The van der Waals surface area contributed by atoms with Gasteiger partial charge < -0.3 is 9.64 Å². The Morgan fingerprint density at radius 3 is 2.52 bits per heavy atom. The average molecular weight is 449 g/mol. The van der Waals surface area contributed by atoms with Gasteiger partial charge in [-0.25, -0.2) is 4.98 Å². The number of carbonyl (C=O) groups excluding carboxylic acids is 2. The van der Waals surface area contributed by atoms with Gasteiger partial charge in [-0.05, 0) is 25.0 Å². The molecule has 0 saturated heterocycles. The molecule has 33 heavy (non-hydrogen) atoms. The van der Waals surface area contributed by atoms with Crippen molar-refractivity contribution in [2.75, 3.05) is 25.0 Å². The van der Waals surface area contributed by atoms with Gasteiger partial charge in [0.2, 0.25) is 17.8 Å². The smallest absolute Gasteiger partial charge is 0.246 e. The van der Waals surface area contributed by atoms with Crippen LogP contribution in [-0.4, -0.2) is 46.0 Å². The number of aromatic nitrogens is 2. The van der Waals surface area contributed by atoms with Crippen molar-refractivity contribution >= 4 is 17.8 Å². The number of benzene rings is 2. The highest BCUT2D eigenvalue weighted by Gasteiger charge is 2.19. The first-order chi connectivity index (χ1) is 15.9. The van der Waals surface area contributed by atoms with E-state index in [1.807, 2.05) is 86.1 Å². The number of carbonyl (C=O) groups is 2. The minimum Gasteiger partial charge on any atom is -0.494 e. The van der Waals surface area contributed by atoms with Gasteiger partial charge in [-0.3, -0.25) is 19.5 Å². The summed E-state index contributed by atoms with van der Waals surface area (Å²) in [5.74, 6) is 1.06. The Bertz CT molecular complexity index is 1080. The number of hydrogen-bond donors (Lipinski definition) is 1. The van der Waals surface area contributed by atoms with Crippen molar-refractivity contribution in [3.63, 3.8) is 0 Å². The molecule has 2 amide bonds. The summed E-state index contributed by atoms with van der Waals surface area (Å²) in [5, 5.41) is 2.91. The van der Waals surface area contributed by atoms with Crippen molar-refractivity contribution in [3.8, 4) is 22.7 Å². The molecular weight excluding hydrogens is 416 g/mol. The molecule has 0 bridgehead atoms. The van der Waals surface area contributed by atoms with Crippen LogP contribution in [0.25, 0.3) is 16.9 Å². The second kappa shape index (κ2) is 11.3. The molecule has 0 aliphatic rings. The summed E-state index contributed by atoms with van der Waals surface area (Å²) in [6.07, 6.45) is 2.25. The molecule has 174 valence electrons. The van der Waals surface area contributed by atoms with Crippen LogP contribution in [0.4, 0.5) is 5.95 Å². The number of nitrogens with zero attached hydrogens (tertiary/aromatic N) is 3.